The fourth-order valence-corrected chi connectivity index (χ4v) is 2.55. The lowest BCUT2D eigenvalue weighted by Gasteiger charge is -2.33. The van der Waals surface area contributed by atoms with Crippen LogP contribution in [-0.2, 0) is 6.54 Å². The van der Waals surface area contributed by atoms with Crippen molar-refractivity contribution in [3.63, 3.8) is 0 Å². The Hall–Kier alpha value is -1.00. The Kier molecular flexibility index (Phi) is 4.66. The van der Waals surface area contributed by atoms with Crippen LogP contribution in [0.25, 0.3) is 0 Å². The van der Waals surface area contributed by atoms with E-state index in [-0.39, 0.29) is 0 Å². The van der Waals surface area contributed by atoms with Gasteiger partial charge in [-0.3, -0.25) is 4.90 Å². The van der Waals surface area contributed by atoms with Gasteiger partial charge in [-0.2, -0.15) is 0 Å². The number of halogens is 2. The van der Waals surface area contributed by atoms with Gasteiger partial charge in [0, 0.05) is 30.8 Å². The first-order chi connectivity index (χ1) is 8.69. The van der Waals surface area contributed by atoms with E-state index in [0.717, 1.165) is 32.1 Å². The summed E-state index contributed by atoms with van der Waals surface area (Å²) < 4.78 is 26.4. The fraction of sp³-hybridized carbons (Fsp3) is 0.571. The van der Waals surface area contributed by atoms with Crippen LogP contribution in [0.2, 0.25) is 0 Å². The molecule has 4 heteroatoms. The molecule has 1 atom stereocenters. The zero-order valence-corrected chi connectivity index (χ0v) is 10.8. The van der Waals surface area contributed by atoms with Crippen molar-refractivity contribution in [1.29, 1.82) is 0 Å². The second-order valence-corrected chi connectivity index (χ2v) is 4.87. The van der Waals surface area contributed by atoms with Gasteiger partial charge in [0.2, 0.25) is 0 Å². The number of hydrogen-bond donors (Lipinski definition) is 1. The molecule has 0 radical (unpaired) electrons. The summed E-state index contributed by atoms with van der Waals surface area (Å²) >= 11 is 0. The van der Waals surface area contributed by atoms with Crippen molar-refractivity contribution in [2.24, 2.45) is 0 Å². The van der Waals surface area contributed by atoms with E-state index in [1.807, 2.05) is 0 Å². The summed E-state index contributed by atoms with van der Waals surface area (Å²) in [6.07, 6.45) is 2.30. The van der Waals surface area contributed by atoms with Crippen LogP contribution in [0.1, 0.15) is 25.3 Å². The second kappa shape index (κ2) is 6.25. The molecule has 1 aliphatic rings. The van der Waals surface area contributed by atoms with Gasteiger partial charge in [0.1, 0.15) is 11.6 Å². The lowest BCUT2D eigenvalue weighted by Crippen LogP contribution is -2.45. The maximum absolute atomic E-state index is 13.6. The number of rotatable bonds is 4. The molecule has 1 aromatic rings. The van der Waals surface area contributed by atoms with Crippen LogP contribution in [0.15, 0.2) is 18.2 Å². The maximum Gasteiger partial charge on any atom is 0.130 e. The van der Waals surface area contributed by atoms with Crippen LogP contribution in [-0.4, -0.2) is 30.6 Å². The molecule has 2 rings (SSSR count). The van der Waals surface area contributed by atoms with E-state index >= 15 is 0 Å². The number of hydrogen-bond acceptors (Lipinski definition) is 2. The van der Waals surface area contributed by atoms with Gasteiger partial charge in [0.15, 0.2) is 0 Å². The summed E-state index contributed by atoms with van der Waals surface area (Å²) in [5.41, 5.74) is 0.577. The summed E-state index contributed by atoms with van der Waals surface area (Å²) in [5.74, 6) is -0.957. The van der Waals surface area contributed by atoms with Crippen molar-refractivity contribution in [3.05, 3.63) is 35.4 Å². The Balaban J connectivity index is 1.96. The fourth-order valence-electron chi connectivity index (χ4n) is 2.55. The summed E-state index contributed by atoms with van der Waals surface area (Å²) in [6.45, 7) is 5.54. The van der Waals surface area contributed by atoms with Gasteiger partial charge >= 0.3 is 0 Å². The van der Waals surface area contributed by atoms with Crippen LogP contribution in [0.3, 0.4) is 0 Å². The van der Waals surface area contributed by atoms with Crippen molar-refractivity contribution in [1.82, 2.24) is 10.2 Å². The highest BCUT2D eigenvalue weighted by Gasteiger charge is 2.19. The molecule has 2 nitrogen and oxygen atoms in total. The van der Waals surface area contributed by atoms with Crippen molar-refractivity contribution in [2.45, 2.75) is 32.4 Å². The van der Waals surface area contributed by atoms with Crippen LogP contribution >= 0.6 is 0 Å². The first-order valence-electron chi connectivity index (χ1n) is 6.58. The molecule has 18 heavy (non-hydrogen) atoms. The third kappa shape index (κ3) is 3.50. The molecule has 0 bridgehead atoms. The lowest BCUT2D eigenvalue weighted by atomic mass is 10.0. The molecule has 0 saturated carbocycles. The summed E-state index contributed by atoms with van der Waals surface area (Å²) in [4.78, 5) is 2.23. The average molecular weight is 254 g/mol. The Morgan fingerprint density at radius 2 is 2.22 bits per heavy atom. The molecule has 1 aromatic carbocycles. The quantitative estimate of drug-likeness (QED) is 0.888. The van der Waals surface area contributed by atoms with Gasteiger partial charge in [-0.1, -0.05) is 13.0 Å². The molecule has 1 N–H and O–H groups in total. The monoisotopic (exact) mass is 254 g/mol. The topological polar surface area (TPSA) is 15.3 Å². The van der Waals surface area contributed by atoms with E-state index in [2.05, 4.69) is 17.1 Å². The average Bonchev–Trinajstić information content (AvgIpc) is 2.34. The predicted octanol–water partition coefficient (Wildman–Crippen LogP) is 2.54. The van der Waals surface area contributed by atoms with E-state index < -0.39 is 11.6 Å². The molecule has 100 valence electrons. The molecule has 0 aliphatic carbocycles. The highest BCUT2D eigenvalue weighted by atomic mass is 19.1. The number of likely N-dealkylation sites (tertiary alicyclic amines) is 1. The minimum Gasteiger partial charge on any atom is -0.313 e. The van der Waals surface area contributed by atoms with Crippen LogP contribution < -0.4 is 5.32 Å². The second-order valence-electron chi connectivity index (χ2n) is 4.87. The highest BCUT2D eigenvalue weighted by molar-refractivity contribution is 5.18. The summed E-state index contributed by atoms with van der Waals surface area (Å²) in [6, 6.07) is 4.32. The minimum atomic E-state index is -0.513. The molecule has 0 spiro atoms. The maximum atomic E-state index is 13.6. The van der Waals surface area contributed by atoms with Crippen molar-refractivity contribution >= 4 is 0 Å². The van der Waals surface area contributed by atoms with E-state index in [4.69, 9.17) is 0 Å². The Bertz CT molecular complexity index is 393. The van der Waals surface area contributed by atoms with Crippen LogP contribution in [0, 0.1) is 11.6 Å². The van der Waals surface area contributed by atoms with E-state index in [1.165, 1.54) is 12.5 Å². The standard InChI is InChI=1S/C14H20F2N2/c1-2-17-13-4-3-7-18(10-13)9-11-5-6-12(15)8-14(11)16/h5-6,8,13,17H,2-4,7,9-10H2,1H3. The highest BCUT2D eigenvalue weighted by Crippen LogP contribution is 2.16. The van der Waals surface area contributed by atoms with Crippen LogP contribution in [0.5, 0.6) is 0 Å². The van der Waals surface area contributed by atoms with Crippen molar-refractivity contribution in [3.8, 4) is 0 Å². The smallest absolute Gasteiger partial charge is 0.130 e. The van der Waals surface area contributed by atoms with Crippen molar-refractivity contribution in [2.75, 3.05) is 19.6 Å². The van der Waals surface area contributed by atoms with Crippen LogP contribution in [0.4, 0.5) is 8.78 Å². The summed E-state index contributed by atoms with van der Waals surface area (Å²) in [7, 11) is 0. The zero-order chi connectivity index (χ0) is 13.0. The first-order valence-corrected chi connectivity index (χ1v) is 6.58. The largest absolute Gasteiger partial charge is 0.313 e. The molecule has 1 unspecified atom stereocenters. The zero-order valence-electron chi connectivity index (χ0n) is 10.8. The summed E-state index contributed by atoms with van der Waals surface area (Å²) in [5, 5.41) is 3.43. The molecule has 1 fully saturated rings. The van der Waals surface area contributed by atoms with Gasteiger partial charge in [-0.05, 0) is 32.0 Å². The number of likely N-dealkylation sites (N-methyl/N-ethyl adjacent to an activating group) is 1. The molecule has 1 aliphatic heterocycles. The Labute approximate surface area is 107 Å². The Morgan fingerprint density at radius 3 is 2.94 bits per heavy atom. The lowest BCUT2D eigenvalue weighted by molar-refractivity contribution is 0.183. The molecule has 0 aromatic heterocycles. The molecule has 1 heterocycles. The molecular formula is C14H20F2N2. The number of nitrogens with zero attached hydrogens (tertiary/aromatic N) is 1. The van der Waals surface area contributed by atoms with Crippen molar-refractivity contribution < 1.29 is 8.78 Å². The molecular weight excluding hydrogens is 234 g/mol. The van der Waals surface area contributed by atoms with Gasteiger partial charge in [-0.25, -0.2) is 8.78 Å². The van der Waals surface area contributed by atoms with Gasteiger partial charge < -0.3 is 5.32 Å². The number of nitrogens with one attached hydrogen (secondary N) is 1. The van der Waals surface area contributed by atoms with E-state index in [0.29, 0.717) is 18.2 Å². The first kappa shape index (κ1) is 13.4. The normalized spacial score (nSPS) is 21.2. The molecule has 0 amide bonds. The minimum absolute atomic E-state index is 0.444. The SMILES string of the molecule is CCNC1CCCN(Cc2ccc(F)cc2F)C1. The van der Waals surface area contributed by atoms with Gasteiger partial charge in [0.05, 0.1) is 0 Å². The number of piperidine rings is 1. The third-order valence-corrected chi connectivity index (χ3v) is 3.41. The van der Waals surface area contributed by atoms with E-state index in [1.54, 1.807) is 6.07 Å². The van der Waals surface area contributed by atoms with Gasteiger partial charge in [-0.15, -0.1) is 0 Å². The Morgan fingerprint density at radius 1 is 1.39 bits per heavy atom. The van der Waals surface area contributed by atoms with Gasteiger partial charge in [0.25, 0.3) is 0 Å². The predicted molar refractivity (Wildman–Crippen MR) is 68.3 cm³/mol. The third-order valence-electron chi connectivity index (χ3n) is 3.41. The van der Waals surface area contributed by atoms with E-state index in [9.17, 15) is 8.78 Å². The number of benzene rings is 1. The molecule has 1 saturated heterocycles.